The van der Waals surface area contributed by atoms with Crippen LogP contribution in [0.4, 0.5) is 0 Å². The Morgan fingerprint density at radius 2 is 2.15 bits per heavy atom. The van der Waals surface area contributed by atoms with E-state index >= 15 is 0 Å². The largest absolute Gasteiger partial charge is 0.462 e. The minimum Gasteiger partial charge on any atom is -0.462 e. The van der Waals surface area contributed by atoms with Gasteiger partial charge in [-0.1, -0.05) is 6.92 Å². The summed E-state index contributed by atoms with van der Waals surface area (Å²) in [5.41, 5.74) is -0.428. The maximum atomic E-state index is 12.3. The predicted octanol–water partition coefficient (Wildman–Crippen LogP) is 2.35. The van der Waals surface area contributed by atoms with Crippen molar-refractivity contribution >= 4 is 11.8 Å². The second-order valence-corrected chi connectivity index (χ2v) is 7.19. The van der Waals surface area contributed by atoms with Gasteiger partial charge in [0.25, 0.3) is 0 Å². The second kappa shape index (κ2) is 4.83. The minimum atomic E-state index is -0.428. The third kappa shape index (κ3) is 2.09. The van der Waals surface area contributed by atoms with Gasteiger partial charge >= 0.3 is 5.97 Å². The van der Waals surface area contributed by atoms with Crippen molar-refractivity contribution in [3.63, 3.8) is 0 Å². The first-order valence-corrected chi connectivity index (χ1v) is 7.79. The molecule has 5 unspecified atom stereocenters. The molecule has 0 spiro atoms. The van der Waals surface area contributed by atoms with Crippen LogP contribution in [-0.2, 0) is 19.1 Å². The molecule has 3 aliphatic carbocycles. The van der Waals surface area contributed by atoms with Crippen LogP contribution in [0.15, 0.2) is 0 Å². The van der Waals surface area contributed by atoms with Crippen molar-refractivity contribution in [3.8, 4) is 0 Å². The Morgan fingerprint density at radius 1 is 1.40 bits per heavy atom. The van der Waals surface area contributed by atoms with E-state index in [1.54, 1.807) is 0 Å². The lowest BCUT2D eigenvalue weighted by atomic mass is 9.61. The quantitative estimate of drug-likeness (QED) is 0.745. The fourth-order valence-electron chi connectivity index (χ4n) is 3.94. The van der Waals surface area contributed by atoms with Crippen LogP contribution in [0.3, 0.4) is 0 Å². The molecule has 20 heavy (non-hydrogen) atoms. The first-order chi connectivity index (χ1) is 9.44. The Morgan fingerprint density at radius 3 is 2.85 bits per heavy atom. The lowest BCUT2D eigenvalue weighted by molar-refractivity contribution is -0.179. The zero-order valence-corrected chi connectivity index (χ0v) is 12.6. The van der Waals surface area contributed by atoms with Crippen molar-refractivity contribution in [3.05, 3.63) is 0 Å². The monoisotopic (exact) mass is 280 g/mol. The summed E-state index contributed by atoms with van der Waals surface area (Å²) in [5.74, 6) is 0.778. The van der Waals surface area contributed by atoms with Gasteiger partial charge in [0.1, 0.15) is 12.7 Å². The average Bonchev–Trinajstić information content (AvgIpc) is 2.83. The molecule has 4 aliphatic rings. The summed E-state index contributed by atoms with van der Waals surface area (Å²) in [6.45, 7) is 6.11. The Balaban J connectivity index is 1.72. The third-order valence-electron chi connectivity index (χ3n) is 5.65. The molecular formula is C16H24O4. The Labute approximate surface area is 120 Å². The minimum absolute atomic E-state index is 0.00228. The molecular weight excluding hydrogens is 256 g/mol. The molecule has 4 rings (SSSR count). The van der Waals surface area contributed by atoms with Crippen LogP contribution >= 0.6 is 0 Å². The molecule has 0 aromatic heterocycles. The smallest absolute Gasteiger partial charge is 0.311 e. The van der Waals surface area contributed by atoms with Gasteiger partial charge in [0.2, 0.25) is 0 Å². The van der Waals surface area contributed by atoms with E-state index in [9.17, 15) is 9.59 Å². The maximum absolute atomic E-state index is 12.3. The van der Waals surface area contributed by atoms with E-state index in [-0.39, 0.29) is 42.4 Å². The van der Waals surface area contributed by atoms with Gasteiger partial charge in [-0.25, -0.2) is 0 Å². The molecule has 0 N–H and O–H groups in total. The lowest BCUT2D eigenvalue weighted by Gasteiger charge is -2.48. The van der Waals surface area contributed by atoms with Crippen LogP contribution in [-0.4, -0.2) is 30.6 Å². The number of rotatable bonds is 3. The summed E-state index contributed by atoms with van der Waals surface area (Å²) in [6.07, 6.45) is 3.65. The number of carbonyl (C=O) groups is 2. The molecule has 4 heteroatoms. The summed E-state index contributed by atoms with van der Waals surface area (Å²) in [6, 6.07) is 0. The summed E-state index contributed by atoms with van der Waals surface area (Å²) >= 11 is 0. The number of fused-ring (bicyclic) bond motifs is 2. The molecule has 4 nitrogen and oxygen atoms in total. The molecule has 0 radical (unpaired) electrons. The number of hydrogen-bond acceptors (Lipinski definition) is 4. The lowest BCUT2D eigenvalue weighted by Crippen LogP contribution is -2.52. The number of ketones is 1. The van der Waals surface area contributed by atoms with Gasteiger partial charge in [0.15, 0.2) is 5.78 Å². The summed E-state index contributed by atoms with van der Waals surface area (Å²) in [5, 5.41) is 0. The van der Waals surface area contributed by atoms with Crippen molar-refractivity contribution in [1.29, 1.82) is 0 Å². The van der Waals surface area contributed by atoms with Gasteiger partial charge in [0.05, 0.1) is 11.5 Å². The van der Waals surface area contributed by atoms with Crippen molar-refractivity contribution < 1.29 is 19.1 Å². The molecule has 1 aliphatic heterocycles. The molecule has 1 heterocycles. The van der Waals surface area contributed by atoms with Crippen molar-refractivity contribution in [2.45, 2.75) is 58.7 Å². The van der Waals surface area contributed by atoms with Gasteiger partial charge < -0.3 is 9.47 Å². The summed E-state index contributed by atoms with van der Waals surface area (Å²) in [7, 11) is 0. The van der Waals surface area contributed by atoms with Crippen LogP contribution in [0.2, 0.25) is 0 Å². The van der Waals surface area contributed by atoms with Gasteiger partial charge in [-0.2, -0.15) is 0 Å². The highest BCUT2D eigenvalue weighted by molar-refractivity contribution is 5.85. The SMILES string of the molecule is CCC(C)(C)C(=O)OC1CC2CCC1C1OCC(=O)C21. The van der Waals surface area contributed by atoms with Gasteiger partial charge in [-0.05, 0) is 45.4 Å². The molecule has 2 bridgehead atoms. The van der Waals surface area contributed by atoms with E-state index in [1.807, 2.05) is 20.8 Å². The zero-order valence-electron chi connectivity index (χ0n) is 12.6. The molecule has 3 saturated carbocycles. The Hall–Kier alpha value is -0.900. The number of hydrogen-bond donors (Lipinski definition) is 0. The Kier molecular flexibility index (Phi) is 3.39. The first kappa shape index (κ1) is 14.1. The topological polar surface area (TPSA) is 52.6 Å². The Bertz CT molecular complexity index is 428. The van der Waals surface area contributed by atoms with Gasteiger partial charge in [-0.3, -0.25) is 9.59 Å². The maximum Gasteiger partial charge on any atom is 0.311 e. The standard InChI is InChI=1S/C16H24O4/c1-4-16(2,3)15(18)20-12-7-9-5-6-10(12)14-13(9)11(17)8-19-14/h9-10,12-14H,4-8H2,1-3H3. The van der Waals surface area contributed by atoms with Crippen molar-refractivity contribution in [2.24, 2.45) is 23.2 Å². The van der Waals surface area contributed by atoms with Crippen LogP contribution in [0.1, 0.15) is 46.5 Å². The molecule has 4 fully saturated rings. The number of Topliss-reactive ketones (excluding diaryl/α,β-unsaturated/α-hetero) is 1. The molecule has 1 saturated heterocycles. The summed E-state index contributed by atoms with van der Waals surface area (Å²) < 4.78 is 11.5. The van der Waals surface area contributed by atoms with Crippen LogP contribution in [0.5, 0.6) is 0 Å². The fourth-order valence-corrected chi connectivity index (χ4v) is 3.94. The van der Waals surface area contributed by atoms with E-state index < -0.39 is 5.41 Å². The third-order valence-corrected chi connectivity index (χ3v) is 5.65. The molecule has 0 aromatic rings. The van der Waals surface area contributed by atoms with E-state index in [0.29, 0.717) is 5.92 Å². The molecule has 0 aromatic carbocycles. The fraction of sp³-hybridized carbons (Fsp3) is 0.875. The molecule has 0 amide bonds. The number of carbonyl (C=O) groups excluding carboxylic acids is 2. The summed E-state index contributed by atoms with van der Waals surface area (Å²) in [4.78, 5) is 24.2. The van der Waals surface area contributed by atoms with Crippen LogP contribution < -0.4 is 0 Å². The molecule has 112 valence electrons. The van der Waals surface area contributed by atoms with Crippen LogP contribution in [0, 0.1) is 23.2 Å². The van der Waals surface area contributed by atoms with Gasteiger partial charge in [0, 0.05) is 11.8 Å². The highest BCUT2D eigenvalue weighted by Gasteiger charge is 2.56. The molecule has 5 atom stereocenters. The van der Waals surface area contributed by atoms with E-state index in [1.165, 1.54) is 0 Å². The van der Waals surface area contributed by atoms with Gasteiger partial charge in [-0.15, -0.1) is 0 Å². The highest BCUT2D eigenvalue weighted by Crippen LogP contribution is 2.50. The van der Waals surface area contributed by atoms with E-state index in [0.717, 1.165) is 25.7 Å². The number of ether oxygens (including phenoxy) is 2. The van der Waals surface area contributed by atoms with Crippen molar-refractivity contribution in [1.82, 2.24) is 0 Å². The van der Waals surface area contributed by atoms with E-state index in [4.69, 9.17) is 9.47 Å². The van der Waals surface area contributed by atoms with E-state index in [2.05, 4.69) is 0 Å². The highest BCUT2D eigenvalue weighted by atomic mass is 16.6. The van der Waals surface area contributed by atoms with Crippen molar-refractivity contribution in [2.75, 3.05) is 6.61 Å². The predicted molar refractivity (Wildman–Crippen MR) is 73.0 cm³/mol. The first-order valence-electron chi connectivity index (χ1n) is 7.79. The second-order valence-electron chi connectivity index (χ2n) is 7.19. The van der Waals surface area contributed by atoms with Crippen LogP contribution in [0.25, 0.3) is 0 Å². The zero-order chi connectivity index (χ0) is 14.5. The number of esters is 1. The normalized spacial score (nSPS) is 39.8. The average molecular weight is 280 g/mol.